The number of aromatic amines is 1. The van der Waals surface area contributed by atoms with Crippen LogP contribution in [0, 0.1) is 5.82 Å². The second-order valence-electron chi connectivity index (χ2n) is 10.0. The number of benzene rings is 3. The number of hydrogen-bond donors (Lipinski definition) is 3. The number of nitrogens with zero attached hydrogens (tertiary/aromatic N) is 2. The number of ether oxygens (including phenoxy) is 1. The fourth-order valence-corrected chi connectivity index (χ4v) is 6.21. The average molecular weight is 484 g/mol. The second kappa shape index (κ2) is 8.27. The fraction of sp³-hybridized carbons (Fsp3) is 0.276. The molecule has 6 nitrogen and oxygen atoms in total. The molecule has 2 aliphatic rings. The summed E-state index contributed by atoms with van der Waals surface area (Å²) in [4.78, 5) is 0. The van der Waals surface area contributed by atoms with E-state index in [0.29, 0.717) is 5.56 Å². The molecule has 0 aliphatic carbocycles. The van der Waals surface area contributed by atoms with Crippen molar-refractivity contribution in [2.45, 2.75) is 50.1 Å². The van der Waals surface area contributed by atoms with Crippen LogP contribution in [-0.2, 0) is 4.74 Å². The molecule has 182 valence electrons. The number of fused-ring (bicyclic) bond motifs is 4. The molecule has 2 saturated heterocycles. The first-order valence-electron chi connectivity index (χ1n) is 12.4. The SMILES string of the molecule is OC(O)c1ccc(-c2c(C3CC4CCC(C3)O4)n(-c3ccc(F)cc3)c3cc4cn[nH]c4cc23)cc1. The van der Waals surface area contributed by atoms with Crippen LogP contribution in [0.25, 0.3) is 38.6 Å². The third kappa shape index (κ3) is 3.46. The van der Waals surface area contributed by atoms with E-state index in [0.717, 1.165) is 64.3 Å². The van der Waals surface area contributed by atoms with E-state index in [1.165, 1.54) is 17.8 Å². The molecule has 7 heteroatoms. The highest BCUT2D eigenvalue weighted by molar-refractivity contribution is 6.05. The number of nitrogens with one attached hydrogen (secondary N) is 1. The zero-order valence-corrected chi connectivity index (χ0v) is 19.6. The smallest absolute Gasteiger partial charge is 0.178 e. The molecular weight excluding hydrogens is 457 g/mol. The van der Waals surface area contributed by atoms with Crippen LogP contribution < -0.4 is 0 Å². The zero-order valence-electron chi connectivity index (χ0n) is 19.6. The summed E-state index contributed by atoms with van der Waals surface area (Å²) in [5, 5.41) is 28.7. The van der Waals surface area contributed by atoms with E-state index < -0.39 is 6.29 Å². The molecule has 2 atom stereocenters. The summed E-state index contributed by atoms with van der Waals surface area (Å²) in [7, 11) is 0. The van der Waals surface area contributed by atoms with E-state index in [2.05, 4.69) is 26.9 Å². The molecule has 2 fully saturated rings. The first kappa shape index (κ1) is 21.7. The summed E-state index contributed by atoms with van der Waals surface area (Å²) in [6.45, 7) is 0. The maximum atomic E-state index is 13.9. The third-order valence-corrected chi connectivity index (χ3v) is 7.82. The van der Waals surface area contributed by atoms with E-state index in [1.807, 2.05) is 30.5 Å². The summed E-state index contributed by atoms with van der Waals surface area (Å²) in [6, 6.07) is 18.4. The van der Waals surface area contributed by atoms with Crippen LogP contribution in [0.2, 0.25) is 0 Å². The Morgan fingerprint density at radius 2 is 1.69 bits per heavy atom. The Balaban J connectivity index is 1.55. The molecule has 7 rings (SSSR count). The van der Waals surface area contributed by atoms with Crippen LogP contribution >= 0.6 is 0 Å². The number of hydrogen-bond acceptors (Lipinski definition) is 4. The lowest BCUT2D eigenvalue weighted by molar-refractivity contribution is -0.0424. The van der Waals surface area contributed by atoms with Crippen molar-refractivity contribution in [3.05, 3.63) is 83.9 Å². The lowest BCUT2D eigenvalue weighted by Gasteiger charge is -2.30. The van der Waals surface area contributed by atoms with Crippen molar-refractivity contribution in [2.24, 2.45) is 0 Å². The van der Waals surface area contributed by atoms with E-state index >= 15 is 0 Å². The monoisotopic (exact) mass is 483 g/mol. The van der Waals surface area contributed by atoms with Crippen LogP contribution in [0.3, 0.4) is 0 Å². The van der Waals surface area contributed by atoms with Gasteiger partial charge in [0.15, 0.2) is 6.29 Å². The Labute approximate surface area is 207 Å². The van der Waals surface area contributed by atoms with Gasteiger partial charge in [0.1, 0.15) is 5.82 Å². The second-order valence-corrected chi connectivity index (χ2v) is 10.0. The Kier molecular flexibility index (Phi) is 4.99. The van der Waals surface area contributed by atoms with Gasteiger partial charge < -0.3 is 19.5 Å². The van der Waals surface area contributed by atoms with Gasteiger partial charge in [-0.05, 0) is 67.6 Å². The number of aliphatic hydroxyl groups is 2. The molecule has 0 radical (unpaired) electrons. The zero-order chi connectivity index (χ0) is 24.4. The molecule has 36 heavy (non-hydrogen) atoms. The van der Waals surface area contributed by atoms with Crippen LogP contribution in [0.4, 0.5) is 4.39 Å². The van der Waals surface area contributed by atoms with Crippen LogP contribution in [-0.4, -0.2) is 37.2 Å². The Hall–Kier alpha value is -3.52. The molecule has 2 aromatic heterocycles. The molecular formula is C29H26FN3O3. The van der Waals surface area contributed by atoms with E-state index in [4.69, 9.17) is 4.74 Å². The average Bonchev–Trinajstić information content (AvgIpc) is 3.58. The lowest BCUT2D eigenvalue weighted by atomic mass is 9.87. The highest BCUT2D eigenvalue weighted by Crippen LogP contribution is 2.48. The quantitative estimate of drug-likeness (QED) is 0.286. The molecule has 4 heterocycles. The summed E-state index contributed by atoms with van der Waals surface area (Å²) >= 11 is 0. The Bertz CT molecular complexity index is 1560. The number of rotatable bonds is 4. The first-order chi connectivity index (χ1) is 17.5. The minimum absolute atomic E-state index is 0.256. The van der Waals surface area contributed by atoms with Crippen LogP contribution in [0.1, 0.15) is 49.1 Å². The fourth-order valence-electron chi connectivity index (χ4n) is 6.21. The van der Waals surface area contributed by atoms with Gasteiger partial charge in [-0.2, -0.15) is 5.10 Å². The standard InChI is InChI=1S/C29H26FN3O3/c30-20-5-7-21(8-6-20)33-26-13-19-15-31-32-25(19)14-24(26)27(16-1-3-17(4-2-16)29(34)35)28(33)18-11-22-9-10-23(12-18)36-22/h1-8,13-15,18,22-23,29,34-35H,9-12H2,(H,31,32). The molecule has 3 N–H and O–H groups in total. The van der Waals surface area contributed by atoms with Crippen molar-refractivity contribution in [2.75, 3.05) is 0 Å². The first-order valence-corrected chi connectivity index (χ1v) is 12.4. The highest BCUT2D eigenvalue weighted by atomic mass is 19.1. The van der Waals surface area contributed by atoms with Gasteiger partial charge in [-0.1, -0.05) is 24.3 Å². The van der Waals surface area contributed by atoms with Crippen molar-refractivity contribution in [1.82, 2.24) is 14.8 Å². The molecule has 2 unspecified atom stereocenters. The molecule has 5 aromatic rings. The van der Waals surface area contributed by atoms with E-state index in [-0.39, 0.29) is 23.9 Å². The summed E-state index contributed by atoms with van der Waals surface area (Å²) in [5.74, 6) is -0.000232. The third-order valence-electron chi connectivity index (χ3n) is 7.82. The van der Waals surface area contributed by atoms with Crippen molar-refractivity contribution in [3.8, 4) is 16.8 Å². The number of aliphatic hydroxyl groups excluding tert-OH is 1. The lowest BCUT2D eigenvalue weighted by Crippen LogP contribution is -2.25. The van der Waals surface area contributed by atoms with Gasteiger partial charge in [0, 0.05) is 39.2 Å². The topological polar surface area (TPSA) is 83.3 Å². The highest BCUT2D eigenvalue weighted by Gasteiger charge is 2.38. The molecule has 0 amide bonds. The van der Waals surface area contributed by atoms with Gasteiger partial charge in [-0.15, -0.1) is 0 Å². The van der Waals surface area contributed by atoms with Gasteiger partial charge in [0.2, 0.25) is 0 Å². The maximum Gasteiger partial charge on any atom is 0.178 e. The summed E-state index contributed by atoms with van der Waals surface area (Å²) in [6.07, 6.45) is 4.87. The van der Waals surface area contributed by atoms with Crippen molar-refractivity contribution >= 4 is 21.8 Å². The van der Waals surface area contributed by atoms with Gasteiger partial charge in [-0.3, -0.25) is 5.10 Å². The van der Waals surface area contributed by atoms with Crippen molar-refractivity contribution in [1.29, 1.82) is 0 Å². The predicted octanol–water partition coefficient (Wildman–Crippen LogP) is 5.72. The van der Waals surface area contributed by atoms with Crippen LogP contribution in [0.5, 0.6) is 0 Å². The summed E-state index contributed by atoms with van der Waals surface area (Å²) < 4.78 is 22.4. The predicted molar refractivity (Wildman–Crippen MR) is 135 cm³/mol. The number of halogens is 1. The Morgan fingerprint density at radius 3 is 2.39 bits per heavy atom. The van der Waals surface area contributed by atoms with E-state index in [9.17, 15) is 14.6 Å². The summed E-state index contributed by atoms with van der Waals surface area (Å²) in [5.41, 5.74) is 6.63. The largest absolute Gasteiger partial charge is 0.375 e. The molecule has 0 spiro atoms. The number of H-pyrrole nitrogens is 1. The molecule has 0 saturated carbocycles. The van der Waals surface area contributed by atoms with Gasteiger partial charge in [-0.25, -0.2) is 4.39 Å². The molecule has 3 aromatic carbocycles. The van der Waals surface area contributed by atoms with Gasteiger partial charge >= 0.3 is 0 Å². The Morgan fingerprint density at radius 1 is 0.972 bits per heavy atom. The molecule has 2 bridgehead atoms. The molecule has 2 aliphatic heterocycles. The van der Waals surface area contributed by atoms with Crippen LogP contribution in [0.15, 0.2) is 66.9 Å². The van der Waals surface area contributed by atoms with Gasteiger partial charge in [0.25, 0.3) is 0 Å². The van der Waals surface area contributed by atoms with Crippen molar-refractivity contribution < 1.29 is 19.3 Å². The normalized spacial score (nSPS) is 21.7. The van der Waals surface area contributed by atoms with Gasteiger partial charge in [0.05, 0.1) is 29.4 Å². The minimum atomic E-state index is -1.52. The maximum absolute atomic E-state index is 13.9. The van der Waals surface area contributed by atoms with Crippen molar-refractivity contribution in [3.63, 3.8) is 0 Å². The minimum Gasteiger partial charge on any atom is -0.375 e. The van der Waals surface area contributed by atoms with E-state index in [1.54, 1.807) is 12.1 Å². The number of aromatic nitrogens is 3.